The lowest BCUT2D eigenvalue weighted by molar-refractivity contribution is 0.0600. The van der Waals surface area contributed by atoms with Gasteiger partial charge in [-0.25, -0.2) is 9.48 Å². The number of methoxy groups -OCH3 is 1. The smallest absolute Gasteiger partial charge is 0.339 e. The monoisotopic (exact) mass is 447 g/mol. The van der Waals surface area contributed by atoms with Gasteiger partial charge >= 0.3 is 5.97 Å². The van der Waals surface area contributed by atoms with Gasteiger partial charge in [-0.2, -0.15) is 5.10 Å². The summed E-state index contributed by atoms with van der Waals surface area (Å²) in [6.07, 6.45) is 1.50. The largest absolute Gasteiger partial charge is 0.465 e. The highest BCUT2D eigenvalue weighted by Gasteiger charge is 2.17. The van der Waals surface area contributed by atoms with Crippen LogP contribution >= 0.6 is 27.5 Å². The number of amides is 1. The Hall–Kier alpha value is -2.64. The summed E-state index contributed by atoms with van der Waals surface area (Å²) in [4.78, 5) is 24.4. The van der Waals surface area contributed by atoms with E-state index in [0.717, 1.165) is 10.2 Å². The molecular weight excluding hydrogens is 434 g/mol. The number of halogens is 2. The predicted molar refractivity (Wildman–Crippen MR) is 107 cm³/mol. The Balaban J connectivity index is 1.85. The lowest BCUT2D eigenvalue weighted by Gasteiger charge is -2.09. The van der Waals surface area contributed by atoms with Gasteiger partial charge in [-0.05, 0) is 49.4 Å². The maximum atomic E-state index is 12.6. The number of carbonyl (C=O) groups is 2. The summed E-state index contributed by atoms with van der Waals surface area (Å²) in [6, 6.07) is 12.2. The molecule has 0 atom stereocenters. The zero-order valence-corrected chi connectivity index (χ0v) is 16.8. The van der Waals surface area contributed by atoms with Crippen LogP contribution in [-0.4, -0.2) is 28.8 Å². The van der Waals surface area contributed by atoms with Crippen molar-refractivity contribution in [3.8, 4) is 5.69 Å². The molecule has 0 fully saturated rings. The van der Waals surface area contributed by atoms with Crippen molar-refractivity contribution in [2.45, 2.75) is 6.92 Å². The minimum absolute atomic E-state index is 0.180. The lowest BCUT2D eigenvalue weighted by atomic mass is 10.2. The molecular formula is C19H15BrClN3O3. The van der Waals surface area contributed by atoms with Crippen LogP contribution in [0.1, 0.15) is 26.4 Å². The summed E-state index contributed by atoms with van der Waals surface area (Å²) in [5.41, 5.74) is 2.57. The zero-order chi connectivity index (χ0) is 19.6. The van der Waals surface area contributed by atoms with Crippen LogP contribution in [-0.2, 0) is 4.74 Å². The standard InChI is InChI=1S/C19H15BrClN3O3/c1-11-16(10-22-24(11)14-6-3-12(20)4-7-14)18(25)23-13-5-8-17(21)15(9-13)19(26)27-2/h3-10H,1-2H3,(H,23,25). The summed E-state index contributed by atoms with van der Waals surface area (Å²) in [5, 5.41) is 7.30. The first-order valence-corrected chi connectivity index (χ1v) is 9.07. The van der Waals surface area contributed by atoms with Crippen molar-refractivity contribution in [3.63, 3.8) is 0 Å². The second-order valence-electron chi connectivity index (χ2n) is 5.67. The average Bonchev–Trinajstić information content (AvgIpc) is 3.05. The molecule has 3 rings (SSSR count). The Morgan fingerprint density at radius 3 is 2.52 bits per heavy atom. The first-order valence-electron chi connectivity index (χ1n) is 7.90. The van der Waals surface area contributed by atoms with Crippen LogP contribution in [0.2, 0.25) is 5.02 Å². The van der Waals surface area contributed by atoms with E-state index in [1.807, 2.05) is 31.2 Å². The molecule has 3 aromatic rings. The highest BCUT2D eigenvalue weighted by molar-refractivity contribution is 9.10. The van der Waals surface area contributed by atoms with E-state index in [4.69, 9.17) is 11.6 Å². The number of nitrogens with one attached hydrogen (secondary N) is 1. The molecule has 0 aliphatic heterocycles. The van der Waals surface area contributed by atoms with Gasteiger partial charge in [0.2, 0.25) is 0 Å². The Kier molecular flexibility index (Phi) is 5.62. The number of hydrogen-bond acceptors (Lipinski definition) is 4. The molecule has 27 heavy (non-hydrogen) atoms. The summed E-state index contributed by atoms with van der Waals surface area (Å²) < 4.78 is 7.33. The second-order valence-corrected chi connectivity index (χ2v) is 7.00. The SMILES string of the molecule is COC(=O)c1cc(NC(=O)c2cnn(-c3ccc(Br)cc3)c2C)ccc1Cl. The molecule has 6 nitrogen and oxygen atoms in total. The molecule has 1 aromatic heterocycles. The number of esters is 1. The van der Waals surface area contributed by atoms with Crippen molar-refractivity contribution in [3.05, 3.63) is 75.0 Å². The molecule has 0 unspecified atom stereocenters. The van der Waals surface area contributed by atoms with Crippen molar-refractivity contribution in [1.82, 2.24) is 9.78 Å². The van der Waals surface area contributed by atoms with Crippen LogP contribution in [0.5, 0.6) is 0 Å². The van der Waals surface area contributed by atoms with E-state index < -0.39 is 5.97 Å². The van der Waals surface area contributed by atoms with Crippen LogP contribution in [0.25, 0.3) is 5.69 Å². The van der Waals surface area contributed by atoms with Gasteiger partial charge in [0.25, 0.3) is 5.91 Å². The van der Waals surface area contributed by atoms with Gasteiger partial charge in [0.1, 0.15) is 0 Å². The predicted octanol–water partition coefficient (Wildman–Crippen LogP) is 4.64. The maximum Gasteiger partial charge on any atom is 0.339 e. The Morgan fingerprint density at radius 1 is 1.15 bits per heavy atom. The van der Waals surface area contributed by atoms with Crippen molar-refractivity contribution >= 4 is 45.1 Å². The normalized spacial score (nSPS) is 10.5. The number of benzene rings is 2. The van der Waals surface area contributed by atoms with Gasteiger partial charge in [-0.15, -0.1) is 0 Å². The lowest BCUT2D eigenvalue weighted by Crippen LogP contribution is -2.14. The molecule has 0 saturated carbocycles. The van der Waals surface area contributed by atoms with Gasteiger partial charge in [0.05, 0.1) is 40.8 Å². The number of ether oxygens (including phenoxy) is 1. The fourth-order valence-corrected chi connectivity index (χ4v) is 3.00. The number of rotatable bonds is 4. The number of nitrogens with zero attached hydrogens (tertiary/aromatic N) is 2. The van der Waals surface area contributed by atoms with E-state index in [1.165, 1.54) is 25.4 Å². The summed E-state index contributed by atoms with van der Waals surface area (Å²) in [7, 11) is 1.27. The topological polar surface area (TPSA) is 73.2 Å². The Morgan fingerprint density at radius 2 is 1.85 bits per heavy atom. The number of carbonyl (C=O) groups excluding carboxylic acids is 2. The van der Waals surface area contributed by atoms with Gasteiger partial charge in [-0.3, -0.25) is 4.79 Å². The van der Waals surface area contributed by atoms with E-state index in [-0.39, 0.29) is 16.5 Å². The first kappa shape index (κ1) is 19.1. The van der Waals surface area contributed by atoms with Crippen molar-refractivity contribution in [2.75, 3.05) is 12.4 Å². The highest BCUT2D eigenvalue weighted by atomic mass is 79.9. The summed E-state index contributed by atoms with van der Waals surface area (Å²) >= 11 is 9.39. The van der Waals surface area contributed by atoms with Crippen LogP contribution in [0.15, 0.2) is 53.1 Å². The molecule has 0 saturated heterocycles. The van der Waals surface area contributed by atoms with E-state index >= 15 is 0 Å². The van der Waals surface area contributed by atoms with E-state index in [9.17, 15) is 9.59 Å². The molecule has 8 heteroatoms. The van der Waals surface area contributed by atoms with E-state index in [2.05, 4.69) is 31.1 Å². The van der Waals surface area contributed by atoms with Crippen LogP contribution in [0.3, 0.4) is 0 Å². The molecule has 0 spiro atoms. The van der Waals surface area contributed by atoms with Gasteiger partial charge in [0.15, 0.2) is 0 Å². The van der Waals surface area contributed by atoms with Crippen molar-refractivity contribution in [2.24, 2.45) is 0 Å². The molecule has 0 aliphatic carbocycles. The third kappa shape index (κ3) is 4.04. The third-order valence-electron chi connectivity index (χ3n) is 3.96. The van der Waals surface area contributed by atoms with Crippen molar-refractivity contribution < 1.29 is 14.3 Å². The summed E-state index contributed by atoms with van der Waals surface area (Å²) in [6.45, 7) is 1.81. The minimum atomic E-state index is -0.574. The van der Waals surface area contributed by atoms with E-state index in [0.29, 0.717) is 16.9 Å². The molecule has 0 aliphatic rings. The van der Waals surface area contributed by atoms with Crippen molar-refractivity contribution in [1.29, 1.82) is 0 Å². The van der Waals surface area contributed by atoms with Crippen LogP contribution < -0.4 is 5.32 Å². The second kappa shape index (κ2) is 7.94. The third-order valence-corrected chi connectivity index (χ3v) is 4.81. The first-order chi connectivity index (χ1) is 12.9. The molecule has 0 bridgehead atoms. The highest BCUT2D eigenvalue weighted by Crippen LogP contribution is 2.23. The van der Waals surface area contributed by atoms with Gasteiger partial charge in [-0.1, -0.05) is 27.5 Å². The minimum Gasteiger partial charge on any atom is -0.465 e. The number of aromatic nitrogens is 2. The molecule has 138 valence electrons. The molecule has 0 radical (unpaired) electrons. The van der Waals surface area contributed by atoms with Crippen LogP contribution in [0.4, 0.5) is 5.69 Å². The molecule has 1 heterocycles. The fraction of sp³-hybridized carbons (Fsp3) is 0.105. The average molecular weight is 449 g/mol. The Bertz CT molecular complexity index is 1020. The zero-order valence-electron chi connectivity index (χ0n) is 14.5. The Labute approximate surface area is 169 Å². The number of hydrogen-bond donors (Lipinski definition) is 1. The molecule has 1 amide bonds. The summed E-state index contributed by atoms with van der Waals surface area (Å²) in [5.74, 6) is -0.913. The van der Waals surface area contributed by atoms with Gasteiger partial charge < -0.3 is 10.1 Å². The fourth-order valence-electron chi connectivity index (χ4n) is 2.54. The van der Waals surface area contributed by atoms with Crippen LogP contribution in [0, 0.1) is 6.92 Å². The quantitative estimate of drug-likeness (QED) is 0.590. The maximum absolute atomic E-state index is 12.6. The number of anilines is 1. The van der Waals surface area contributed by atoms with Gasteiger partial charge in [0, 0.05) is 10.2 Å². The van der Waals surface area contributed by atoms with E-state index in [1.54, 1.807) is 10.7 Å². The molecule has 2 aromatic carbocycles. The molecule has 1 N–H and O–H groups in total.